The van der Waals surface area contributed by atoms with Crippen LogP contribution in [0.5, 0.6) is 5.75 Å². The Bertz CT molecular complexity index is 332. The van der Waals surface area contributed by atoms with Gasteiger partial charge in [-0.2, -0.15) is 0 Å². The molecule has 0 radical (unpaired) electrons. The predicted molar refractivity (Wildman–Crippen MR) is 63.3 cm³/mol. The van der Waals surface area contributed by atoms with Crippen molar-refractivity contribution >= 4 is 15.9 Å². The number of benzene rings is 1. The molecular formula is C12H15BrO2. The summed E-state index contributed by atoms with van der Waals surface area (Å²) in [6.07, 6.45) is 2.56. The summed E-state index contributed by atoms with van der Waals surface area (Å²) in [6, 6.07) is 6.08. The van der Waals surface area contributed by atoms with Gasteiger partial charge in [0.1, 0.15) is 12.4 Å². The van der Waals surface area contributed by atoms with Gasteiger partial charge in [0.25, 0.3) is 0 Å². The molecule has 1 aliphatic heterocycles. The van der Waals surface area contributed by atoms with E-state index in [-0.39, 0.29) is 6.10 Å². The summed E-state index contributed by atoms with van der Waals surface area (Å²) in [6.45, 7) is 3.60. The molecule has 15 heavy (non-hydrogen) atoms. The van der Waals surface area contributed by atoms with Crippen molar-refractivity contribution < 1.29 is 9.47 Å². The molecule has 1 fully saturated rings. The highest BCUT2D eigenvalue weighted by Gasteiger charge is 2.16. The molecule has 0 spiro atoms. The SMILES string of the molecule is Cc1ccc(Br)cc1OCC1CCCO1. The summed E-state index contributed by atoms with van der Waals surface area (Å²) in [5.74, 6) is 0.944. The molecular weight excluding hydrogens is 256 g/mol. The molecule has 0 bridgehead atoms. The lowest BCUT2D eigenvalue weighted by Crippen LogP contribution is -2.16. The quantitative estimate of drug-likeness (QED) is 0.839. The summed E-state index contributed by atoms with van der Waals surface area (Å²) in [5.41, 5.74) is 1.16. The van der Waals surface area contributed by atoms with Crippen LogP contribution in [0.4, 0.5) is 0 Å². The third-order valence-electron chi connectivity index (χ3n) is 2.60. The normalized spacial score (nSPS) is 20.5. The van der Waals surface area contributed by atoms with Crippen molar-refractivity contribution in [2.24, 2.45) is 0 Å². The van der Waals surface area contributed by atoms with E-state index in [9.17, 15) is 0 Å². The van der Waals surface area contributed by atoms with Gasteiger partial charge in [-0.25, -0.2) is 0 Å². The summed E-state index contributed by atoms with van der Waals surface area (Å²) in [4.78, 5) is 0. The second-order valence-electron chi connectivity index (χ2n) is 3.86. The van der Waals surface area contributed by atoms with Crippen molar-refractivity contribution in [3.8, 4) is 5.75 Å². The molecule has 0 saturated carbocycles. The first-order valence-corrected chi connectivity index (χ1v) is 6.05. The van der Waals surface area contributed by atoms with E-state index in [0.29, 0.717) is 6.61 Å². The Hall–Kier alpha value is -0.540. The molecule has 1 unspecified atom stereocenters. The van der Waals surface area contributed by atoms with Crippen molar-refractivity contribution in [2.45, 2.75) is 25.9 Å². The lowest BCUT2D eigenvalue weighted by molar-refractivity contribution is 0.0677. The van der Waals surface area contributed by atoms with Crippen LogP contribution in [-0.4, -0.2) is 19.3 Å². The molecule has 1 aromatic rings. The Kier molecular flexibility index (Phi) is 3.65. The van der Waals surface area contributed by atoms with Gasteiger partial charge in [-0.1, -0.05) is 22.0 Å². The van der Waals surface area contributed by atoms with E-state index in [0.717, 1.165) is 35.2 Å². The van der Waals surface area contributed by atoms with Crippen LogP contribution in [0.25, 0.3) is 0 Å². The minimum atomic E-state index is 0.281. The minimum absolute atomic E-state index is 0.281. The fourth-order valence-corrected chi connectivity index (χ4v) is 2.03. The third kappa shape index (κ3) is 2.95. The number of rotatable bonds is 3. The van der Waals surface area contributed by atoms with Gasteiger partial charge < -0.3 is 9.47 Å². The molecule has 3 heteroatoms. The maximum Gasteiger partial charge on any atom is 0.123 e. The van der Waals surface area contributed by atoms with Gasteiger partial charge in [-0.3, -0.25) is 0 Å². The van der Waals surface area contributed by atoms with Crippen LogP contribution in [0.2, 0.25) is 0 Å². The lowest BCUT2D eigenvalue weighted by atomic mass is 10.2. The van der Waals surface area contributed by atoms with E-state index in [1.807, 2.05) is 12.1 Å². The zero-order valence-electron chi connectivity index (χ0n) is 8.83. The molecule has 1 atom stereocenters. The zero-order valence-corrected chi connectivity index (χ0v) is 10.4. The van der Waals surface area contributed by atoms with Gasteiger partial charge in [-0.15, -0.1) is 0 Å². The highest BCUT2D eigenvalue weighted by Crippen LogP contribution is 2.24. The molecule has 1 heterocycles. The Morgan fingerprint density at radius 1 is 1.53 bits per heavy atom. The van der Waals surface area contributed by atoms with Crippen molar-refractivity contribution in [1.82, 2.24) is 0 Å². The van der Waals surface area contributed by atoms with Crippen molar-refractivity contribution in [1.29, 1.82) is 0 Å². The molecule has 2 rings (SSSR count). The van der Waals surface area contributed by atoms with Crippen LogP contribution >= 0.6 is 15.9 Å². The van der Waals surface area contributed by atoms with Crippen LogP contribution in [0.1, 0.15) is 18.4 Å². The van der Waals surface area contributed by atoms with Crippen LogP contribution < -0.4 is 4.74 Å². The number of hydrogen-bond acceptors (Lipinski definition) is 2. The highest BCUT2D eigenvalue weighted by molar-refractivity contribution is 9.10. The minimum Gasteiger partial charge on any atom is -0.491 e. The monoisotopic (exact) mass is 270 g/mol. The molecule has 1 saturated heterocycles. The topological polar surface area (TPSA) is 18.5 Å². The van der Waals surface area contributed by atoms with Gasteiger partial charge in [0.05, 0.1) is 6.10 Å². The summed E-state index contributed by atoms with van der Waals surface area (Å²) in [5, 5.41) is 0. The van der Waals surface area contributed by atoms with E-state index in [1.165, 1.54) is 0 Å². The Morgan fingerprint density at radius 3 is 3.13 bits per heavy atom. The molecule has 0 N–H and O–H groups in total. The molecule has 1 aliphatic rings. The summed E-state index contributed by atoms with van der Waals surface area (Å²) >= 11 is 3.44. The Labute approximate surface area is 98.7 Å². The Balaban J connectivity index is 1.94. The van der Waals surface area contributed by atoms with E-state index in [1.54, 1.807) is 0 Å². The number of aryl methyl sites for hydroxylation is 1. The maximum atomic E-state index is 5.75. The van der Waals surface area contributed by atoms with Crippen molar-refractivity contribution in [3.05, 3.63) is 28.2 Å². The van der Waals surface area contributed by atoms with Crippen LogP contribution in [0.3, 0.4) is 0 Å². The van der Waals surface area contributed by atoms with E-state index in [2.05, 4.69) is 28.9 Å². The second-order valence-corrected chi connectivity index (χ2v) is 4.77. The number of ether oxygens (including phenoxy) is 2. The lowest BCUT2D eigenvalue weighted by Gasteiger charge is -2.13. The second kappa shape index (κ2) is 4.99. The largest absolute Gasteiger partial charge is 0.491 e. The molecule has 0 aromatic heterocycles. The zero-order chi connectivity index (χ0) is 10.7. The first kappa shape index (κ1) is 11.0. The molecule has 1 aromatic carbocycles. The van der Waals surface area contributed by atoms with Gasteiger partial charge >= 0.3 is 0 Å². The summed E-state index contributed by atoms with van der Waals surface area (Å²) < 4.78 is 12.3. The fourth-order valence-electron chi connectivity index (χ4n) is 1.69. The van der Waals surface area contributed by atoms with Crippen molar-refractivity contribution in [2.75, 3.05) is 13.2 Å². The van der Waals surface area contributed by atoms with E-state index >= 15 is 0 Å². The predicted octanol–water partition coefficient (Wildman–Crippen LogP) is 3.32. The molecule has 2 nitrogen and oxygen atoms in total. The van der Waals surface area contributed by atoms with Gasteiger partial charge in [0, 0.05) is 11.1 Å². The first-order valence-electron chi connectivity index (χ1n) is 5.26. The highest BCUT2D eigenvalue weighted by atomic mass is 79.9. The maximum absolute atomic E-state index is 5.75. The van der Waals surface area contributed by atoms with Crippen LogP contribution in [-0.2, 0) is 4.74 Å². The fraction of sp³-hybridized carbons (Fsp3) is 0.500. The number of halogens is 1. The van der Waals surface area contributed by atoms with Crippen molar-refractivity contribution in [3.63, 3.8) is 0 Å². The standard InChI is InChI=1S/C12H15BrO2/c1-9-4-5-10(13)7-12(9)15-8-11-3-2-6-14-11/h4-5,7,11H,2-3,6,8H2,1H3. The summed E-state index contributed by atoms with van der Waals surface area (Å²) in [7, 11) is 0. The van der Waals surface area contributed by atoms with E-state index < -0.39 is 0 Å². The van der Waals surface area contributed by atoms with Crippen LogP contribution in [0, 0.1) is 6.92 Å². The first-order chi connectivity index (χ1) is 7.25. The third-order valence-corrected chi connectivity index (χ3v) is 3.09. The smallest absolute Gasteiger partial charge is 0.123 e. The van der Waals surface area contributed by atoms with Gasteiger partial charge in [-0.05, 0) is 37.5 Å². The molecule has 82 valence electrons. The Morgan fingerprint density at radius 2 is 2.40 bits per heavy atom. The molecule has 0 amide bonds. The average Bonchev–Trinajstić information content (AvgIpc) is 2.72. The van der Waals surface area contributed by atoms with Crippen LogP contribution in [0.15, 0.2) is 22.7 Å². The molecule has 0 aliphatic carbocycles. The van der Waals surface area contributed by atoms with Gasteiger partial charge in [0.15, 0.2) is 0 Å². The average molecular weight is 271 g/mol. The van der Waals surface area contributed by atoms with E-state index in [4.69, 9.17) is 9.47 Å². The number of hydrogen-bond donors (Lipinski definition) is 0. The van der Waals surface area contributed by atoms with Gasteiger partial charge in [0.2, 0.25) is 0 Å².